The quantitative estimate of drug-likeness (QED) is 0.687. The number of nitrogens with zero attached hydrogens (tertiary/aromatic N) is 1. The molecule has 136 valence electrons. The molecule has 0 radical (unpaired) electrons. The first kappa shape index (κ1) is 17.9. The van der Waals surface area contributed by atoms with Gasteiger partial charge >= 0.3 is 0 Å². The van der Waals surface area contributed by atoms with E-state index in [1.54, 1.807) is 12.1 Å². The predicted molar refractivity (Wildman–Crippen MR) is 96.2 cm³/mol. The van der Waals surface area contributed by atoms with Gasteiger partial charge in [-0.3, -0.25) is 4.79 Å². The second-order valence-corrected chi connectivity index (χ2v) is 6.49. The number of ether oxygens (including phenoxy) is 1. The first-order valence-corrected chi connectivity index (χ1v) is 8.55. The minimum Gasteiger partial charge on any atom is -0.481 e. The molecule has 0 aliphatic rings. The number of benzene rings is 2. The molecule has 0 bridgehead atoms. The standard InChI is InChI=1S/C20H21FN2O3/c1-13(2)11-16(20-23-15-8-4-6-10-18(15)26-20)22-19(24)12-25-17-9-5-3-7-14(17)21/h3-10,13,16H,11-12H2,1-2H3,(H,22,24)/t16-/m0/s1. The van der Waals surface area contributed by atoms with Crippen molar-refractivity contribution in [3.8, 4) is 5.75 Å². The summed E-state index contributed by atoms with van der Waals surface area (Å²) in [6, 6.07) is 13.0. The molecule has 1 amide bonds. The van der Waals surface area contributed by atoms with Crippen molar-refractivity contribution in [3.05, 3.63) is 60.2 Å². The molecule has 0 aliphatic carbocycles. The van der Waals surface area contributed by atoms with Crippen LogP contribution >= 0.6 is 0 Å². The van der Waals surface area contributed by atoms with Crippen molar-refractivity contribution in [1.82, 2.24) is 10.3 Å². The van der Waals surface area contributed by atoms with Crippen molar-refractivity contribution in [2.45, 2.75) is 26.3 Å². The van der Waals surface area contributed by atoms with Gasteiger partial charge in [0.05, 0.1) is 0 Å². The van der Waals surface area contributed by atoms with E-state index in [4.69, 9.17) is 9.15 Å². The average molecular weight is 356 g/mol. The lowest BCUT2D eigenvalue weighted by atomic mass is 10.0. The fourth-order valence-corrected chi connectivity index (χ4v) is 2.67. The third-order valence-corrected chi connectivity index (χ3v) is 3.85. The van der Waals surface area contributed by atoms with Crippen LogP contribution < -0.4 is 10.1 Å². The van der Waals surface area contributed by atoms with Gasteiger partial charge in [0, 0.05) is 0 Å². The second kappa shape index (κ2) is 7.99. The fraction of sp³-hybridized carbons (Fsp3) is 0.300. The molecule has 5 nitrogen and oxygen atoms in total. The van der Waals surface area contributed by atoms with Gasteiger partial charge in [0.25, 0.3) is 5.91 Å². The highest BCUT2D eigenvalue weighted by Gasteiger charge is 2.22. The maximum absolute atomic E-state index is 13.6. The van der Waals surface area contributed by atoms with Crippen molar-refractivity contribution >= 4 is 17.0 Å². The predicted octanol–water partition coefficient (Wildman–Crippen LogP) is 4.25. The number of carbonyl (C=O) groups is 1. The summed E-state index contributed by atoms with van der Waals surface area (Å²) in [4.78, 5) is 16.7. The smallest absolute Gasteiger partial charge is 0.258 e. The number of aromatic nitrogens is 1. The number of para-hydroxylation sites is 3. The molecule has 1 atom stereocenters. The molecule has 0 fully saturated rings. The van der Waals surface area contributed by atoms with Crippen LogP contribution in [-0.4, -0.2) is 17.5 Å². The summed E-state index contributed by atoms with van der Waals surface area (Å²) >= 11 is 0. The molecule has 0 spiro atoms. The van der Waals surface area contributed by atoms with Crippen molar-refractivity contribution in [2.24, 2.45) is 5.92 Å². The zero-order valence-corrected chi connectivity index (χ0v) is 14.7. The topological polar surface area (TPSA) is 64.4 Å². The highest BCUT2D eigenvalue weighted by atomic mass is 19.1. The van der Waals surface area contributed by atoms with E-state index < -0.39 is 5.82 Å². The van der Waals surface area contributed by atoms with Crippen molar-refractivity contribution in [3.63, 3.8) is 0 Å². The van der Waals surface area contributed by atoms with Gasteiger partial charge in [0.1, 0.15) is 11.6 Å². The monoisotopic (exact) mass is 356 g/mol. The zero-order valence-electron chi connectivity index (χ0n) is 14.7. The molecule has 0 saturated heterocycles. The Morgan fingerprint density at radius 3 is 2.65 bits per heavy atom. The van der Waals surface area contributed by atoms with E-state index in [0.29, 0.717) is 23.8 Å². The molecule has 1 aromatic heterocycles. The number of fused-ring (bicyclic) bond motifs is 1. The summed E-state index contributed by atoms with van der Waals surface area (Å²) in [6.07, 6.45) is 0.665. The maximum Gasteiger partial charge on any atom is 0.258 e. The van der Waals surface area contributed by atoms with Gasteiger partial charge in [-0.15, -0.1) is 0 Å². The van der Waals surface area contributed by atoms with Crippen LogP contribution in [0.2, 0.25) is 0 Å². The highest BCUT2D eigenvalue weighted by Crippen LogP contribution is 2.25. The van der Waals surface area contributed by atoms with Crippen LogP contribution in [-0.2, 0) is 4.79 Å². The maximum atomic E-state index is 13.6. The number of rotatable bonds is 7. The summed E-state index contributed by atoms with van der Waals surface area (Å²) in [6.45, 7) is 3.82. The normalized spacial score (nSPS) is 12.3. The van der Waals surface area contributed by atoms with E-state index in [-0.39, 0.29) is 24.3 Å². The zero-order chi connectivity index (χ0) is 18.5. The molecular formula is C20H21FN2O3. The molecule has 1 N–H and O–H groups in total. The Morgan fingerprint density at radius 1 is 1.19 bits per heavy atom. The van der Waals surface area contributed by atoms with Crippen LogP contribution in [0.25, 0.3) is 11.1 Å². The summed E-state index contributed by atoms with van der Waals surface area (Å²) in [7, 11) is 0. The number of carbonyl (C=O) groups excluding carboxylic acids is 1. The average Bonchev–Trinajstić information content (AvgIpc) is 3.04. The molecule has 2 aromatic carbocycles. The summed E-state index contributed by atoms with van der Waals surface area (Å²) in [5, 5.41) is 2.87. The van der Waals surface area contributed by atoms with E-state index in [1.165, 1.54) is 12.1 Å². The van der Waals surface area contributed by atoms with Crippen LogP contribution in [0.5, 0.6) is 5.75 Å². The Morgan fingerprint density at radius 2 is 1.92 bits per heavy atom. The lowest BCUT2D eigenvalue weighted by Crippen LogP contribution is -2.33. The van der Waals surface area contributed by atoms with Gasteiger partial charge in [-0.2, -0.15) is 0 Å². The van der Waals surface area contributed by atoms with Gasteiger partial charge in [0.15, 0.2) is 23.8 Å². The van der Waals surface area contributed by atoms with Gasteiger partial charge in [-0.05, 0) is 36.6 Å². The van der Waals surface area contributed by atoms with E-state index in [2.05, 4.69) is 24.1 Å². The van der Waals surface area contributed by atoms with Crippen LogP contribution in [0.15, 0.2) is 52.9 Å². The number of hydrogen-bond acceptors (Lipinski definition) is 4. The first-order valence-electron chi connectivity index (χ1n) is 8.55. The second-order valence-electron chi connectivity index (χ2n) is 6.49. The van der Waals surface area contributed by atoms with E-state index >= 15 is 0 Å². The third-order valence-electron chi connectivity index (χ3n) is 3.85. The molecule has 3 rings (SSSR count). The Hall–Kier alpha value is -2.89. The third kappa shape index (κ3) is 4.39. The van der Waals surface area contributed by atoms with Gasteiger partial charge in [-0.1, -0.05) is 38.1 Å². The SMILES string of the molecule is CC(C)C[C@H](NC(=O)COc1ccccc1F)c1nc2ccccc2o1. The summed E-state index contributed by atoms with van der Waals surface area (Å²) < 4.78 is 24.6. The largest absolute Gasteiger partial charge is 0.481 e. The minimum atomic E-state index is -0.502. The molecule has 0 saturated carbocycles. The van der Waals surface area contributed by atoms with Crippen LogP contribution in [0.1, 0.15) is 32.2 Å². The molecule has 3 aromatic rings. The summed E-state index contributed by atoms with van der Waals surface area (Å²) in [5.41, 5.74) is 1.42. The Balaban J connectivity index is 1.69. The lowest BCUT2D eigenvalue weighted by Gasteiger charge is -2.18. The molecular weight excluding hydrogens is 335 g/mol. The highest BCUT2D eigenvalue weighted by molar-refractivity contribution is 5.78. The van der Waals surface area contributed by atoms with Crippen molar-refractivity contribution in [1.29, 1.82) is 0 Å². The molecule has 0 aliphatic heterocycles. The molecule has 26 heavy (non-hydrogen) atoms. The minimum absolute atomic E-state index is 0.0462. The summed E-state index contributed by atoms with van der Waals surface area (Å²) in [5.74, 6) is -0.0361. The van der Waals surface area contributed by atoms with Gasteiger partial charge < -0.3 is 14.5 Å². The Bertz CT molecular complexity index is 858. The number of hydrogen-bond donors (Lipinski definition) is 1. The van der Waals surface area contributed by atoms with Crippen LogP contribution in [0.4, 0.5) is 4.39 Å². The number of oxazole rings is 1. The number of nitrogens with one attached hydrogen (secondary N) is 1. The van der Waals surface area contributed by atoms with Crippen LogP contribution in [0, 0.1) is 11.7 Å². The van der Waals surface area contributed by atoms with Crippen molar-refractivity contribution in [2.75, 3.05) is 6.61 Å². The lowest BCUT2D eigenvalue weighted by molar-refractivity contribution is -0.124. The van der Waals surface area contributed by atoms with E-state index in [1.807, 2.05) is 24.3 Å². The molecule has 6 heteroatoms. The molecule has 1 heterocycles. The first-order chi connectivity index (χ1) is 12.5. The fourth-order valence-electron chi connectivity index (χ4n) is 2.67. The van der Waals surface area contributed by atoms with E-state index in [9.17, 15) is 9.18 Å². The van der Waals surface area contributed by atoms with Gasteiger partial charge in [-0.25, -0.2) is 9.37 Å². The number of halogens is 1. The van der Waals surface area contributed by atoms with Gasteiger partial charge in [0.2, 0.25) is 5.89 Å². The Labute approximate surface area is 151 Å². The number of amides is 1. The van der Waals surface area contributed by atoms with Crippen molar-refractivity contribution < 1.29 is 18.3 Å². The molecule has 0 unspecified atom stereocenters. The Kier molecular flexibility index (Phi) is 5.51. The van der Waals surface area contributed by atoms with E-state index in [0.717, 1.165) is 5.52 Å². The van der Waals surface area contributed by atoms with Crippen LogP contribution in [0.3, 0.4) is 0 Å².